The fourth-order valence-electron chi connectivity index (χ4n) is 4.19. The van der Waals surface area contributed by atoms with Crippen molar-refractivity contribution in [3.8, 4) is 5.75 Å². The van der Waals surface area contributed by atoms with Crippen LogP contribution in [-0.2, 0) is 14.3 Å². The largest absolute Gasteiger partial charge is 0.507 e. The number of rotatable bonds is 8. The molecule has 2 aromatic carbocycles. The molecule has 196 valence electrons. The van der Waals surface area contributed by atoms with Gasteiger partial charge in [0, 0.05) is 5.56 Å². The summed E-state index contributed by atoms with van der Waals surface area (Å²) in [4.78, 5) is 45.2. The van der Waals surface area contributed by atoms with E-state index in [4.69, 9.17) is 9.47 Å². The van der Waals surface area contributed by atoms with Crippen LogP contribution in [0.25, 0.3) is 5.76 Å². The maximum atomic E-state index is 13.4. The molecule has 0 bridgehead atoms. The number of aromatic nitrogens is 1. The molecule has 1 aliphatic rings. The Morgan fingerprint density at radius 2 is 1.82 bits per heavy atom. The van der Waals surface area contributed by atoms with Crippen molar-refractivity contribution in [2.45, 2.75) is 32.7 Å². The number of hydrogen-bond acceptors (Lipinski definition) is 8. The molecule has 1 N–H and O–H groups in total. The third-order valence-electron chi connectivity index (χ3n) is 6.24. The number of hydrogen-bond donors (Lipinski definition) is 1. The first-order chi connectivity index (χ1) is 18.2. The zero-order chi connectivity index (χ0) is 27.6. The molecular formula is C29H28N2O6S. The lowest BCUT2D eigenvalue weighted by atomic mass is 9.93. The van der Waals surface area contributed by atoms with Crippen molar-refractivity contribution in [3.63, 3.8) is 0 Å². The summed E-state index contributed by atoms with van der Waals surface area (Å²) in [5, 5.41) is 11.4. The van der Waals surface area contributed by atoms with E-state index in [1.54, 1.807) is 31.2 Å². The lowest BCUT2D eigenvalue weighted by Gasteiger charge is -2.23. The monoisotopic (exact) mass is 532 g/mol. The molecule has 1 aromatic heterocycles. The number of methoxy groups -OCH3 is 1. The minimum absolute atomic E-state index is 0.0279. The fourth-order valence-corrected chi connectivity index (χ4v) is 5.18. The number of benzene rings is 2. The summed E-state index contributed by atoms with van der Waals surface area (Å²) in [7, 11) is 1.53. The number of aliphatic hydroxyl groups is 1. The Kier molecular flexibility index (Phi) is 7.78. The summed E-state index contributed by atoms with van der Waals surface area (Å²) >= 11 is 0.954. The van der Waals surface area contributed by atoms with Gasteiger partial charge in [-0.05, 0) is 48.2 Å². The first kappa shape index (κ1) is 26.8. The van der Waals surface area contributed by atoms with Gasteiger partial charge in [-0.2, -0.15) is 0 Å². The SMILES string of the molecule is C=CCOC(=O)c1sc(N2C(=O)C(=O)/C(=C(\O)c3ccc(OC)cc3)C2c2ccc(C(C)C)cc2)nc1C. The number of esters is 1. The number of aliphatic hydroxyl groups excluding tert-OH is 1. The summed E-state index contributed by atoms with van der Waals surface area (Å²) in [5.41, 5.74) is 2.35. The molecular weight excluding hydrogens is 504 g/mol. The van der Waals surface area contributed by atoms with E-state index >= 15 is 0 Å². The van der Waals surface area contributed by atoms with Crippen LogP contribution in [0.1, 0.15) is 57.9 Å². The number of carbonyl (C=O) groups is 3. The van der Waals surface area contributed by atoms with Gasteiger partial charge in [-0.3, -0.25) is 14.5 Å². The maximum absolute atomic E-state index is 13.4. The Morgan fingerprint density at radius 3 is 2.39 bits per heavy atom. The van der Waals surface area contributed by atoms with Gasteiger partial charge in [0.2, 0.25) is 0 Å². The van der Waals surface area contributed by atoms with E-state index in [2.05, 4.69) is 25.4 Å². The summed E-state index contributed by atoms with van der Waals surface area (Å²) in [5.74, 6) is -1.75. The molecule has 0 spiro atoms. The van der Waals surface area contributed by atoms with Crippen LogP contribution in [0, 0.1) is 6.92 Å². The highest BCUT2D eigenvalue weighted by Crippen LogP contribution is 2.44. The highest BCUT2D eigenvalue weighted by molar-refractivity contribution is 7.17. The number of amides is 1. The third kappa shape index (κ3) is 4.97. The second-order valence-corrected chi connectivity index (χ2v) is 9.99. The zero-order valence-corrected chi connectivity index (χ0v) is 22.4. The Morgan fingerprint density at radius 1 is 1.16 bits per heavy atom. The van der Waals surface area contributed by atoms with Crippen molar-refractivity contribution in [1.82, 2.24) is 4.98 Å². The van der Waals surface area contributed by atoms with Crippen LogP contribution in [0.2, 0.25) is 0 Å². The number of carbonyl (C=O) groups excluding carboxylic acids is 3. The number of anilines is 1. The molecule has 0 radical (unpaired) electrons. The molecule has 0 aliphatic carbocycles. The lowest BCUT2D eigenvalue weighted by molar-refractivity contribution is -0.132. The Hall–Kier alpha value is -4.24. The van der Waals surface area contributed by atoms with E-state index in [1.807, 2.05) is 24.3 Å². The Balaban J connectivity index is 1.87. The van der Waals surface area contributed by atoms with E-state index < -0.39 is 23.7 Å². The fraction of sp³-hybridized carbons (Fsp3) is 0.241. The van der Waals surface area contributed by atoms with Gasteiger partial charge in [0.05, 0.1) is 24.4 Å². The minimum Gasteiger partial charge on any atom is -0.507 e. The minimum atomic E-state index is -0.957. The predicted molar refractivity (Wildman–Crippen MR) is 146 cm³/mol. The maximum Gasteiger partial charge on any atom is 0.350 e. The van der Waals surface area contributed by atoms with Crippen molar-refractivity contribution in [1.29, 1.82) is 0 Å². The summed E-state index contributed by atoms with van der Waals surface area (Å²) in [6, 6.07) is 13.1. The van der Waals surface area contributed by atoms with Gasteiger partial charge >= 0.3 is 11.9 Å². The van der Waals surface area contributed by atoms with Crippen LogP contribution in [-0.4, -0.2) is 41.5 Å². The van der Waals surface area contributed by atoms with E-state index in [0.717, 1.165) is 16.9 Å². The smallest absolute Gasteiger partial charge is 0.350 e. The van der Waals surface area contributed by atoms with Gasteiger partial charge in [-0.25, -0.2) is 9.78 Å². The van der Waals surface area contributed by atoms with Gasteiger partial charge in [-0.15, -0.1) is 0 Å². The highest BCUT2D eigenvalue weighted by atomic mass is 32.1. The average molecular weight is 533 g/mol. The molecule has 8 nitrogen and oxygen atoms in total. The molecule has 1 fully saturated rings. The quantitative estimate of drug-likeness (QED) is 0.133. The normalized spacial score (nSPS) is 16.7. The molecule has 3 aromatic rings. The van der Waals surface area contributed by atoms with E-state index in [-0.39, 0.29) is 33.9 Å². The van der Waals surface area contributed by atoms with Crippen LogP contribution >= 0.6 is 11.3 Å². The van der Waals surface area contributed by atoms with Crippen LogP contribution < -0.4 is 9.64 Å². The molecule has 38 heavy (non-hydrogen) atoms. The predicted octanol–water partition coefficient (Wildman–Crippen LogP) is 5.55. The standard InChI is InChI=1S/C29H28N2O6S/c1-6-15-37-28(35)26-17(4)30-29(38-26)31-23(19-9-7-18(8-10-19)16(2)3)22(25(33)27(31)34)24(32)20-11-13-21(36-5)14-12-20/h6-14,16,23,32H,1,15H2,2-5H3/b24-22-. The first-order valence-corrected chi connectivity index (χ1v) is 12.8. The summed E-state index contributed by atoms with van der Waals surface area (Å²) < 4.78 is 10.3. The number of ether oxygens (including phenoxy) is 2. The number of ketones is 1. The van der Waals surface area contributed by atoms with Crippen molar-refractivity contribution >= 4 is 39.9 Å². The van der Waals surface area contributed by atoms with E-state index in [1.165, 1.54) is 18.1 Å². The van der Waals surface area contributed by atoms with Gasteiger partial charge in [-0.1, -0.05) is 62.1 Å². The second kappa shape index (κ2) is 11.0. The molecule has 1 saturated heterocycles. The van der Waals surface area contributed by atoms with E-state index in [0.29, 0.717) is 22.6 Å². The molecule has 1 unspecified atom stereocenters. The van der Waals surface area contributed by atoms with Gasteiger partial charge in [0.15, 0.2) is 5.13 Å². The number of thiazole rings is 1. The highest BCUT2D eigenvalue weighted by Gasteiger charge is 2.48. The Bertz CT molecular complexity index is 1420. The number of nitrogens with zero attached hydrogens (tertiary/aromatic N) is 2. The second-order valence-electron chi connectivity index (χ2n) is 9.02. The van der Waals surface area contributed by atoms with Crippen molar-refractivity contribution < 1.29 is 29.0 Å². The Labute approximate surface area is 224 Å². The lowest BCUT2D eigenvalue weighted by Crippen LogP contribution is -2.29. The average Bonchev–Trinajstić information content (AvgIpc) is 3.43. The molecule has 1 atom stereocenters. The van der Waals surface area contributed by atoms with Crippen LogP contribution in [0.4, 0.5) is 5.13 Å². The molecule has 1 aliphatic heterocycles. The molecule has 2 heterocycles. The van der Waals surface area contributed by atoms with Crippen LogP contribution in [0.15, 0.2) is 66.8 Å². The van der Waals surface area contributed by atoms with Crippen molar-refractivity contribution in [2.75, 3.05) is 18.6 Å². The topological polar surface area (TPSA) is 106 Å². The summed E-state index contributed by atoms with van der Waals surface area (Å²) in [6.45, 7) is 9.33. The van der Waals surface area contributed by atoms with Crippen molar-refractivity contribution in [2.24, 2.45) is 0 Å². The van der Waals surface area contributed by atoms with Crippen LogP contribution in [0.3, 0.4) is 0 Å². The third-order valence-corrected chi connectivity index (χ3v) is 7.37. The molecule has 1 amide bonds. The summed E-state index contributed by atoms with van der Waals surface area (Å²) in [6.07, 6.45) is 1.45. The van der Waals surface area contributed by atoms with Crippen LogP contribution in [0.5, 0.6) is 5.75 Å². The molecule has 0 saturated carbocycles. The molecule has 4 rings (SSSR count). The van der Waals surface area contributed by atoms with Gasteiger partial charge in [0.1, 0.15) is 23.0 Å². The molecule has 9 heteroatoms. The van der Waals surface area contributed by atoms with E-state index in [9.17, 15) is 19.5 Å². The number of aryl methyl sites for hydroxylation is 1. The van der Waals surface area contributed by atoms with Gasteiger partial charge < -0.3 is 14.6 Å². The zero-order valence-electron chi connectivity index (χ0n) is 21.6. The number of Topliss-reactive ketones (excluding diaryl/α,β-unsaturated/α-hetero) is 1. The first-order valence-electron chi connectivity index (χ1n) is 12.0. The van der Waals surface area contributed by atoms with Crippen molar-refractivity contribution in [3.05, 3.63) is 94.0 Å². The van der Waals surface area contributed by atoms with Gasteiger partial charge in [0.25, 0.3) is 5.78 Å².